The largest absolute Gasteiger partial charge is 0.481 e. The molecule has 1 aromatic heterocycles. The highest BCUT2D eigenvalue weighted by molar-refractivity contribution is 6.30. The van der Waals surface area contributed by atoms with Crippen LogP contribution < -0.4 is 0 Å². The topological polar surface area (TPSA) is 92.9 Å². The van der Waals surface area contributed by atoms with E-state index in [1.54, 1.807) is 23.2 Å². The summed E-state index contributed by atoms with van der Waals surface area (Å²) in [5.41, 5.74) is -0.162. The summed E-state index contributed by atoms with van der Waals surface area (Å²) in [7, 11) is 1.47. The first-order valence-corrected chi connectivity index (χ1v) is 9.02. The number of likely N-dealkylation sites (tertiary alicyclic amines) is 1. The Morgan fingerprint density at radius 2 is 2.11 bits per heavy atom. The van der Waals surface area contributed by atoms with Crippen LogP contribution >= 0.6 is 11.6 Å². The first kappa shape index (κ1) is 19.4. The van der Waals surface area contributed by atoms with Crippen LogP contribution in [0.1, 0.15) is 18.7 Å². The number of hydrogen-bond acceptors (Lipinski definition) is 5. The first-order chi connectivity index (χ1) is 12.9. The zero-order chi connectivity index (χ0) is 19.4. The molecule has 1 saturated heterocycles. The number of hydrogen-bond donors (Lipinski definition) is 1. The van der Waals surface area contributed by atoms with Gasteiger partial charge in [-0.15, -0.1) is 0 Å². The molecular formula is C19H21ClN2O5. The highest BCUT2D eigenvalue weighted by Crippen LogP contribution is 2.32. The molecule has 7 nitrogen and oxygen atoms in total. The van der Waals surface area contributed by atoms with E-state index < -0.39 is 11.4 Å². The number of benzene rings is 1. The van der Waals surface area contributed by atoms with Crippen LogP contribution in [-0.2, 0) is 20.7 Å². The van der Waals surface area contributed by atoms with E-state index >= 15 is 0 Å². The number of methoxy groups -OCH3 is 1. The number of rotatable bonds is 7. The summed E-state index contributed by atoms with van der Waals surface area (Å²) in [6, 6.07) is 7.21. The zero-order valence-corrected chi connectivity index (χ0v) is 15.7. The molecule has 1 fully saturated rings. The molecule has 0 saturated carbocycles. The third-order valence-electron chi connectivity index (χ3n) is 4.82. The van der Waals surface area contributed by atoms with E-state index in [4.69, 9.17) is 20.8 Å². The van der Waals surface area contributed by atoms with Gasteiger partial charge in [0.2, 0.25) is 5.91 Å². The molecule has 1 aromatic carbocycles. The van der Waals surface area contributed by atoms with Crippen molar-refractivity contribution in [2.45, 2.75) is 19.3 Å². The van der Waals surface area contributed by atoms with E-state index in [2.05, 4.69) is 4.98 Å². The van der Waals surface area contributed by atoms with Gasteiger partial charge in [-0.3, -0.25) is 9.59 Å². The Morgan fingerprint density at radius 3 is 2.78 bits per heavy atom. The van der Waals surface area contributed by atoms with Gasteiger partial charge in [0.15, 0.2) is 11.7 Å². The molecule has 1 unspecified atom stereocenters. The van der Waals surface area contributed by atoms with Crippen LogP contribution in [0.2, 0.25) is 5.02 Å². The number of aryl methyl sites for hydroxylation is 1. The molecular weight excluding hydrogens is 372 g/mol. The maximum atomic E-state index is 12.5. The third-order valence-corrected chi connectivity index (χ3v) is 5.07. The molecule has 0 bridgehead atoms. The maximum absolute atomic E-state index is 12.5. The molecule has 27 heavy (non-hydrogen) atoms. The minimum atomic E-state index is -1.02. The van der Waals surface area contributed by atoms with Crippen LogP contribution in [0, 0.1) is 5.41 Å². The molecule has 2 aromatic rings. The van der Waals surface area contributed by atoms with Gasteiger partial charge in [0.05, 0.1) is 12.8 Å². The Balaban J connectivity index is 1.57. The summed E-state index contributed by atoms with van der Waals surface area (Å²) < 4.78 is 10.7. The molecule has 1 amide bonds. The Morgan fingerprint density at radius 1 is 1.37 bits per heavy atom. The first-order valence-electron chi connectivity index (χ1n) is 8.64. The lowest BCUT2D eigenvalue weighted by Crippen LogP contribution is -2.40. The van der Waals surface area contributed by atoms with Crippen molar-refractivity contribution in [3.63, 3.8) is 0 Å². The second-order valence-electron chi connectivity index (χ2n) is 6.71. The average Bonchev–Trinajstić information content (AvgIpc) is 3.29. The van der Waals surface area contributed by atoms with Crippen LogP contribution in [0.15, 0.2) is 34.9 Å². The minimum Gasteiger partial charge on any atom is -0.481 e. The number of carbonyl (C=O) groups is 2. The fraction of sp³-hybridized carbons (Fsp3) is 0.421. The van der Waals surface area contributed by atoms with Crippen molar-refractivity contribution in [2.24, 2.45) is 5.41 Å². The summed E-state index contributed by atoms with van der Waals surface area (Å²) in [5.74, 6) is 0.0367. The van der Waals surface area contributed by atoms with Crippen molar-refractivity contribution in [1.82, 2.24) is 9.88 Å². The molecule has 1 N–H and O–H groups in total. The Labute approximate surface area is 161 Å². The Bertz CT molecular complexity index is 820. The second kappa shape index (κ2) is 8.10. The zero-order valence-electron chi connectivity index (χ0n) is 15.0. The molecule has 1 aliphatic heterocycles. The molecule has 0 aliphatic carbocycles. The van der Waals surface area contributed by atoms with E-state index in [0.29, 0.717) is 36.1 Å². The fourth-order valence-electron chi connectivity index (χ4n) is 3.26. The van der Waals surface area contributed by atoms with Crippen molar-refractivity contribution in [3.05, 3.63) is 41.4 Å². The lowest BCUT2D eigenvalue weighted by molar-refractivity contribution is -0.151. The molecule has 2 heterocycles. The van der Waals surface area contributed by atoms with Crippen LogP contribution in [0.3, 0.4) is 0 Å². The fourth-order valence-corrected chi connectivity index (χ4v) is 3.39. The highest BCUT2D eigenvalue weighted by atomic mass is 35.5. The number of aromatic nitrogens is 1. The van der Waals surface area contributed by atoms with E-state index in [9.17, 15) is 14.7 Å². The lowest BCUT2D eigenvalue weighted by atomic mass is 9.88. The van der Waals surface area contributed by atoms with Crippen LogP contribution in [-0.4, -0.2) is 53.7 Å². The summed E-state index contributed by atoms with van der Waals surface area (Å²) >= 11 is 5.88. The summed E-state index contributed by atoms with van der Waals surface area (Å²) in [5, 5.41) is 10.1. The lowest BCUT2D eigenvalue weighted by Gasteiger charge is -2.23. The quantitative estimate of drug-likeness (QED) is 0.778. The van der Waals surface area contributed by atoms with Gasteiger partial charge in [0.25, 0.3) is 0 Å². The van der Waals surface area contributed by atoms with Crippen LogP contribution in [0.5, 0.6) is 0 Å². The predicted octanol–water partition coefficient (Wildman–Crippen LogP) is 2.88. The molecule has 1 aliphatic rings. The van der Waals surface area contributed by atoms with E-state index in [1.807, 2.05) is 12.1 Å². The number of ether oxygens (including phenoxy) is 1. The van der Waals surface area contributed by atoms with Crippen molar-refractivity contribution >= 4 is 23.5 Å². The predicted molar refractivity (Wildman–Crippen MR) is 98.4 cm³/mol. The summed E-state index contributed by atoms with van der Waals surface area (Å²) in [4.78, 5) is 29.8. The standard InChI is InChI=1S/C19H21ClN2O5/c1-26-12-19(18(24)25)8-9-22(11-19)17(23)7-6-16-21-10-15(27-16)13-2-4-14(20)5-3-13/h2-5,10H,6-9,11-12H2,1H3,(H,24,25). The van der Waals surface area contributed by atoms with Gasteiger partial charge in [0.1, 0.15) is 5.41 Å². The molecule has 1 atom stereocenters. The summed E-state index contributed by atoms with van der Waals surface area (Å²) in [6.07, 6.45) is 2.57. The number of nitrogens with zero attached hydrogens (tertiary/aromatic N) is 2. The molecule has 144 valence electrons. The Hall–Kier alpha value is -2.38. The minimum absolute atomic E-state index is 0.0936. The van der Waals surface area contributed by atoms with Crippen molar-refractivity contribution in [2.75, 3.05) is 26.8 Å². The second-order valence-corrected chi connectivity index (χ2v) is 7.15. The summed E-state index contributed by atoms with van der Waals surface area (Å²) in [6.45, 7) is 0.670. The van der Waals surface area contributed by atoms with Gasteiger partial charge in [-0.2, -0.15) is 0 Å². The SMILES string of the molecule is COCC1(C(=O)O)CCN(C(=O)CCc2ncc(-c3ccc(Cl)cc3)o2)C1. The molecule has 0 radical (unpaired) electrons. The number of aliphatic carboxylic acids is 1. The van der Waals surface area contributed by atoms with Gasteiger partial charge in [0, 0.05) is 43.6 Å². The van der Waals surface area contributed by atoms with Gasteiger partial charge in [-0.05, 0) is 30.7 Å². The number of carboxylic acids is 1. The third kappa shape index (κ3) is 4.31. The van der Waals surface area contributed by atoms with Crippen molar-refractivity contribution in [1.29, 1.82) is 0 Å². The number of carboxylic acid groups (broad SMARTS) is 1. The number of amides is 1. The van der Waals surface area contributed by atoms with Crippen LogP contribution in [0.25, 0.3) is 11.3 Å². The van der Waals surface area contributed by atoms with Gasteiger partial charge in [-0.1, -0.05) is 11.6 Å². The average molecular weight is 393 g/mol. The normalized spacial score (nSPS) is 19.4. The van der Waals surface area contributed by atoms with Gasteiger partial charge in [-0.25, -0.2) is 4.98 Å². The number of halogens is 1. The highest BCUT2D eigenvalue weighted by Gasteiger charge is 2.46. The van der Waals surface area contributed by atoms with E-state index in [1.165, 1.54) is 7.11 Å². The van der Waals surface area contributed by atoms with Crippen molar-refractivity contribution < 1.29 is 23.8 Å². The molecule has 3 rings (SSSR count). The van der Waals surface area contributed by atoms with Gasteiger partial charge >= 0.3 is 5.97 Å². The monoisotopic (exact) mass is 392 g/mol. The van der Waals surface area contributed by atoms with E-state index in [-0.39, 0.29) is 25.5 Å². The van der Waals surface area contributed by atoms with Crippen molar-refractivity contribution in [3.8, 4) is 11.3 Å². The van der Waals surface area contributed by atoms with Gasteiger partial charge < -0.3 is 19.2 Å². The molecule has 8 heteroatoms. The smallest absolute Gasteiger partial charge is 0.313 e. The van der Waals surface area contributed by atoms with Crippen LogP contribution in [0.4, 0.5) is 0 Å². The van der Waals surface area contributed by atoms with E-state index in [0.717, 1.165) is 5.56 Å². The Kier molecular flexibility index (Phi) is 5.82. The number of carbonyl (C=O) groups excluding carboxylic acids is 1. The maximum Gasteiger partial charge on any atom is 0.313 e. The molecule has 0 spiro atoms. The number of oxazole rings is 1.